The third kappa shape index (κ3) is 2.81. The van der Waals surface area contributed by atoms with Crippen LogP contribution in [0.5, 0.6) is 0 Å². The number of ether oxygens (including phenoxy) is 1. The molecule has 1 amide bonds. The van der Waals surface area contributed by atoms with Gasteiger partial charge in [-0.05, 0) is 30.4 Å². The van der Waals surface area contributed by atoms with Gasteiger partial charge in [-0.2, -0.15) is 0 Å². The minimum atomic E-state index is -3.26. The second-order valence-corrected chi connectivity index (χ2v) is 9.93. The van der Waals surface area contributed by atoms with Crippen LogP contribution in [-0.2, 0) is 19.4 Å². The zero-order chi connectivity index (χ0) is 18.5. The van der Waals surface area contributed by atoms with Gasteiger partial charge in [-0.1, -0.05) is 12.1 Å². The molecule has 142 valence electrons. The van der Waals surface area contributed by atoms with Crippen molar-refractivity contribution in [3.8, 4) is 0 Å². The topological polar surface area (TPSA) is 66.9 Å². The number of para-hydroxylation sites is 1. The fourth-order valence-corrected chi connectivity index (χ4v) is 6.01. The lowest BCUT2D eigenvalue weighted by molar-refractivity contribution is -0.130. The van der Waals surface area contributed by atoms with Gasteiger partial charge in [-0.3, -0.25) is 4.79 Å². The van der Waals surface area contributed by atoms with Crippen LogP contribution in [-0.4, -0.2) is 64.4 Å². The van der Waals surface area contributed by atoms with Crippen LogP contribution in [0.1, 0.15) is 19.8 Å². The molecule has 1 aromatic rings. The zero-order valence-corrected chi connectivity index (χ0v) is 16.2. The Hall–Kier alpha value is -1.60. The number of rotatable bonds is 2. The number of likely N-dealkylation sites (tertiary alicyclic amines) is 1. The maximum absolute atomic E-state index is 12.1. The first-order valence-electron chi connectivity index (χ1n) is 9.21. The van der Waals surface area contributed by atoms with Gasteiger partial charge < -0.3 is 14.5 Å². The molecule has 3 heterocycles. The molecule has 6 nitrogen and oxygen atoms in total. The average Bonchev–Trinajstić information content (AvgIpc) is 3.18. The van der Waals surface area contributed by atoms with E-state index in [1.807, 2.05) is 17.0 Å². The number of carbonyl (C=O) groups is 1. The molecule has 2 atom stereocenters. The van der Waals surface area contributed by atoms with Crippen molar-refractivity contribution in [2.45, 2.75) is 30.7 Å². The van der Waals surface area contributed by atoms with Crippen LogP contribution >= 0.6 is 0 Å². The molecular formula is C19H26N2O4S. The fourth-order valence-electron chi connectivity index (χ4n) is 5.11. The average molecular weight is 378 g/mol. The van der Waals surface area contributed by atoms with E-state index in [1.165, 1.54) is 6.26 Å². The van der Waals surface area contributed by atoms with Gasteiger partial charge >= 0.3 is 0 Å². The lowest BCUT2D eigenvalue weighted by Gasteiger charge is -2.43. The Morgan fingerprint density at radius 3 is 2.54 bits per heavy atom. The minimum absolute atomic E-state index is 0.101. The van der Waals surface area contributed by atoms with E-state index >= 15 is 0 Å². The molecule has 4 rings (SSSR count). The largest absolute Gasteiger partial charge is 0.379 e. The standard InChI is InChI=1S/C19H26N2O4S/c1-14(22)21-13-19(15-11-25-12-17(15)21)7-9-20(10-8-19)16-5-3-4-6-18(16)26(2,23)24/h3-6,15,17H,7-13H2,1-2H3/t15-,17+/m0/s1. The van der Waals surface area contributed by atoms with Gasteiger partial charge in [-0.15, -0.1) is 0 Å². The van der Waals surface area contributed by atoms with Crippen molar-refractivity contribution in [3.63, 3.8) is 0 Å². The number of benzene rings is 1. The van der Waals surface area contributed by atoms with Gasteiger partial charge in [0, 0.05) is 38.7 Å². The van der Waals surface area contributed by atoms with E-state index in [0.29, 0.717) is 17.4 Å². The molecule has 0 unspecified atom stereocenters. The van der Waals surface area contributed by atoms with Crippen LogP contribution in [0.15, 0.2) is 29.2 Å². The number of anilines is 1. The van der Waals surface area contributed by atoms with Crippen molar-refractivity contribution >= 4 is 21.4 Å². The lowest BCUT2D eigenvalue weighted by atomic mass is 9.70. The summed E-state index contributed by atoms with van der Waals surface area (Å²) in [6.45, 7) is 5.44. The second-order valence-electron chi connectivity index (χ2n) is 7.95. The van der Waals surface area contributed by atoms with Crippen LogP contribution in [0.25, 0.3) is 0 Å². The monoisotopic (exact) mass is 378 g/mol. The van der Waals surface area contributed by atoms with E-state index in [2.05, 4.69) is 4.90 Å². The predicted molar refractivity (Wildman–Crippen MR) is 98.9 cm³/mol. The first-order valence-corrected chi connectivity index (χ1v) is 11.1. The van der Waals surface area contributed by atoms with E-state index in [1.54, 1.807) is 19.1 Å². The Balaban J connectivity index is 1.56. The van der Waals surface area contributed by atoms with Crippen LogP contribution in [0.2, 0.25) is 0 Å². The summed E-state index contributed by atoms with van der Waals surface area (Å²) >= 11 is 0. The molecule has 1 spiro atoms. The number of hydrogen-bond donors (Lipinski definition) is 0. The van der Waals surface area contributed by atoms with Crippen molar-refractivity contribution in [1.82, 2.24) is 4.90 Å². The lowest BCUT2D eigenvalue weighted by Crippen LogP contribution is -2.45. The summed E-state index contributed by atoms with van der Waals surface area (Å²) in [5, 5.41) is 0. The smallest absolute Gasteiger partial charge is 0.219 e. The van der Waals surface area contributed by atoms with E-state index < -0.39 is 9.84 Å². The third-order valence-corrected chi connectivity index (χ3v) is 7.64. The summed E-state index contributed by atoms with van der Waals surface area (Å²) in [4.78, 5) is 16.6. The van der Waals surface area contributed by atoms with Crippen molar-refractivity contribution in [2.75, 3.05) is 44.0 Å². The van der Waals surface area contributed by atoms with Crippen molar-refractivity contribution in [1.29, 1.82) is 0 Å². The first-order chi connectivity index (χ1) is 12.3. The van der Waals surface area contributed by atoms with Gasteiger partial charge in [0.2, 0.25) is 5.91 Å². The number of amides is 1. The Bertz CT molecular complexity index is 815. The van der Waals surface area contributed by atoms with Crippen molar-refractivity contribution in [2.24, 2.45) is 11.3 Å². The molecule has 0 bridgehead atoms. The number of nitrogens with zero attached hydrogens (tertiary/aromatic N) is 2. The maximum atomic E-state index is 12.1. The number of hydrogen-bond acceptors (Lipinski definition) is 5. The van der Waals surface area contributed by atoms with Gasteiger partial charge in [-0.25, -0.2) is 8.42 Å². The van der Waals surface area contributed by atoms with Crippen LogP contribution in [0.3, 0.4) is 0 Å². The normalized spacial score (nSPS) is 27.8. The molecule has 3 aliphatic heterocycles. The van der Waals surface area contributed by atoms with Crippen molar-refractivity contribution < 1.29 is 17.9 Å². The summed E-state index contributed by atoms with van der Waals surface area (Å²) in [7, 11) is -3.26. The van der Waals surface area contributed by atoms with Crippen molar-refractivity contribution in [3.05, 3.63) is 24.3 Å². The molecule has 7 heteroatoms. The molecular weight excluding hydrogens is 352 g/mol. The van der Waals surface area contributed by atoms with Gasteiger partial charge in [0.1, 0.15) is 0 Å². The van der Waals surface area contributed by atoms with E-state index in [9.17, 15) is 13.2 Å². The quantitative estimate of drug-likeness (QED) is 0.781. The Kier molecular flexibility index (Phi) is 4.27. The number of carbonyl (C=O) groups excluding carboxylic acids is 1. The Labute approximate surface area is 155 Å². The van der Waals surface area contributed by atoms with Gasteiger partial charge in [0.05, 0.1) is 29.8 Å². The van der Waals surface area contributed by atoms with E-state index in [0.717, 1.165) is 44.8 Å². The highest BCUT2D eigenvalue weighted by Gasteiger charge is 2.56. The highest BCUT2D eigenvalue weighted by molar-refractivity contribution is 7.90. The minimum Gasteiger partial charge on any atom is -0.379 e. The fraction of sp³-hybridized carbons (Fsp3) is 0.632. The molecule has 3 saturated heterocycles. The number of piperidine rings is 1. The molecule has 26 heavy (non-hydrogen) atoms. The number of sulfone groups is 1. The molecule has 3 aliphatic rings. The first kappa shape index (κ1) is 17.8. The number of fused-ring (bicyclic) bond motifs is 2. The molecule has 0 radical (unpaired) electrons. The van der Waals surface area contributed by atoms with E-state index in [-0.39, 0.29) is 17.4 Å². The van der Waals surface area contributed by atoms with Crippen LogP contribution in [0, 0.1) is 11.3 Å². The summed E-state index contributed by atoms with van der Waals surface area (Å²) in [5.41, 5.74) is 0.897. The van der Waals surface area contributed by atoms with Gasteiger partial charge in [0.15, 0.2) is 9.84 Å². The molecule has 1 aromatic carbocycles. The SMILES string of the molecule is CC(=O)N1CC2(CCN(c3ccccc3S(C)(=O)=O)CC2)[C@H]2COC[C@H]21. The predicted octanol–water partition coefficient (Wildman–Crippen LogP) is 1.55. The second kappa shape index (κ2) is 6.23. The molecule has 0 aromatic heterocycles. The summed E-state index contributed by atoms with van der Waals surface area (Å²) in [6, 6.07) is 7.45. The highest BCUT2D eigenvalue weighted by Crippen LogP contribution is 2.50. The summed E-state index contributed by atoms with van der Waals surface area (Å²) in [5.74, 6) is 0.533. The zero-order valence-electron chi connectivity index (χ0n) is 15.3. The third-order valence-electron chi connectivity index (χ3n) is 6.49. The summed E-state index contributed by atoms with van der Waals surface area (Å²) in [6.07, 6.45) is 3.18. The highest BCUT2D eigenvalue weighted by atomic mass is 32.2. The molecule has 0 saturated carbocycles. The van der Waals surface area contributed by atoms with Crippen LogP contribution < -0.4 is 4.90 Å². The Morgan fingerprint density at radius 2 is 1.88 bits per heavy atom. The van der Waals surface area contributed by atoms with E-state index in [4.69, 9.17) is 4.74 Å². The maximum Gasteiger partial charge on any atom is 0.219 e. The molecule has 0 N–H and O–H groups in total. The molecule has 0 aliphatic carbocycles. The van der Waals surface area contributed by atoms with Gasteiger partial charge in [0.25, 0.3) is 0 Å². The summed E-state index contributed by atoms with van der Waals surface area (Å²) < 4.78 is 30.0. The Morgan fingerprint density at radius 1 is 1.19 bits per heavy atom. The van der Waals surface area contributed by atoms with Crippen LogP contribution in [0.4, 0.5) is 5.69 Å². The molecule has 3 fully saturated rings.